The van der Waals surface area contributed by atoms with Crippen LogP contribution in [0.5, 0.6) is 0 Å². The smallest absolute Gasteiger partial charge is 0.246 e. The van der Waals surface area contributed by atoms with Crippen LogP contribution in [0.2, 0.25) is 0 Å². The molecule has 4 heteroatoms. The molecular weight excluding hydrogens is 268 g/mol. The number of likely N-dealkylation sites (tertiary alicyclic amines) is 1. The molecule has 3 rings (SSSR count). The number of carbonyl (C=O) groups is 1. The third-order valence-electron chi connectivity index (χ3n) is 4.56. The maximum absolute atomic E-state index is 12.4. The van der Waals surface area contributed by atoms with Crippen LogP contribution >= 0.6 is 11.3 Å². The van der Waals surface area contributed by atoms with Crippen molar-refractivity contribution in [2.24, 2.45) is 5.92 Å². The van der Waals surface area contributed by atoms with Gasteiger partial charge in [-0.1, -0.05) is 12.8 Å². The maximum Gasteiger partial charge on any atom is 0.246 e. The van der Waals surface area contributed by atoms with E-state index >= 15 is 0 Å². The number of amides is 1. The average molecular weight is 290 g/mol. The molecule has 1 aliphatic carbocycles. The normalized spacial score (nSPS) is 26.8. The number of carbonyl (C=O) groups excluding carboxylic acids is 1. The molecule has 1 aliphatic heterocycles. The quantitative estimate of drug-likeness (QED) is 0.779. The summed E-state index contributed by atoms with van der Waals surface area (Å²) in [5, 5.41) is 3.04. The molecule has 2 heterocycles. The van der Waals surface area contributed by atoms with Crippen molar-refractivity contribution in [2.75, 3.05) is 6.54 Å². The zero-order valence-corrected chi connectivity index (χ0v) is 12.9. The molecule has 3 nitrogen and oxygen atoms in total. The summed E-state index contributed by atoms with van der Waals surface area (Å²) in [6.45, 7) is 2.92. The number of rotatable bonds is 2. The fourth-order valence-electron chi connectivity index (χ4n) is 3.61. The van der Waals surface area contributed by atoms with Gasteiger partial charge in [-0.3, -0.25) is 4.79 Å². The fourth-order valence-corrected chi connectivity index (χ4v) is 4.19. The van der Waals surface area contributed by atoms with Gasteiger partial charge in [-0.05, 0) is 44.6 Å². The van der Waals surface area contributed by atoms with Gasteiger partial charge < -0.3 is 4.90 Å². The lowest BCUT2D eigenvalue weighted by atomic mass is 9.78. The zero-order valence-electron chi connectivity index (χ0n) is 12.0. The van der Waals surface area contributed by atoms with Gasteiger partial charge in [-0.25, -0.2) is 4.98 Å². The SMILES string of the molecule is Cc1nc(/C=C/C(=O)N2CCCC3CCCCC32)cs1. The van der Waals surface area contributed by atoms with Crippen LogP contribution in [0.1, 0.15) is 49.2 Å². The van der Waals surface area contributed by atoms with Gasteiger partial charge in [0, 0.05) is 24.0 Å². The number of hydrogen-bond acceptors (Lipinski definition) is 3. The molecule has 2 atom stereocenters. The Balaban J connectivity index is 1.67. The van der Waals surface area contributed by atoms with Crippen molar-refractivity contribution in [3.63, 3.8) is 0 Å². The second-order valence-electron chi connectivity index (χ2n) is 5.91. The van der Waals surface area contributed by atoms with Crippen molar-refractivity contribution in [1.82, 2.24) is 9.88 Å². The molecule has 108 valence electrons. The Kier molecular flexibility index (Phi) is 4.20. The summed E-state index contributed by atoms with van der Waals surface area (Å²) in [6.07, 6.45) is 11.2. The number of thiazole rings is 1. The van der Waals surface area contributed by atoms with Crippen molar-refractivity contribution in [3.8, 4) is 0 Å². The Labute approximate surface area is 124 Å². The van der Waals surface area contributed by atoms with Crippen LogP contribution in [0.3, 0.4) is 0 Å². The summed E-state index contributed by atoms with van der Waals surface area (Å²) in [5.74, 6) is 0.920. The highest BCUT2D eigenvalue weighted by Crippen LogP contribution is 2.35. The van der Waals surface area contributed by atoms with Crippen LogP contribution in [0.15, 0.2) is 11.5 Å². The number of aryl methyl sites for hydroxylation is 1. The van der Waals surface area contributed by atoms with Crippen molar-refractivity contribution >= 4 is 23.3 Å². The molecule has 2 fully saturated rings. The Morgan fingerprint density at radius 1 is 1.35 bits per heavy atom. The minimum Gasteiger partial charge on any atom is -0.336 e. The lowest BCUT2D eigenvalue weighted by Gasteiger charge is -2.43. The predicted molar refractivity (Wildman–Crippen MR) is 82.6 cm³/mol. The number of nitrogens with zero attached hydrogens (tertiary/aromatic N) is 2. The van der Waals surface area contributed by atoms with Crippen LogP contribution in [-0.2, 0) is 4.79 Å². The summed E-state index contributed by atoms with van der Waals surface area (Å²) in [6, 6.07) is 0.492. The standard InChI is InChI=1S/C16H22N2OS/c1-12-17-14(11-20-12)8-9-16(19)18-10-4-6-13-5-2-3-7-15(13)18/h8-9,11,13,15H,2-7,10H2,1H3/b9-8+. The van der Waals surface area contributed by atoms with Gasteiger partial charge in [0.05, 0.1) is 10.7 Å². The first-order chi connectivity index (χ1) is 9.74. The van der Waals surface area contributed by atoms with Crippen LogP contribution in [0, 0.1) is 12.8 Å². The molecule has 1 aromatic rings. The van der Waals surface area contributed by atoms with E-state index in [1.54, 1.807) is 17.4 Å². The molecule has 1 saturated carbocycles. The van der Waals surface area contributed by atoms with Gasteiger partial charge >= 0.3 is 0 Å². The second-order valence-corrected chi connectivity index (χ2v) is 6.97. The first-order valence-corrected chi connectivity index (χ1v) is 8.53. The number of fused-ring (bicyclic) bond motifs is 1. The molecular formula is C16H22N2OS. The third-order valence-corrected chi connectivity index (χ3v) is 5.35. The molecule has 0 bridgehead atoms. The first-order valence-electron chi connectivity index (χ1n) is 7.65. The molecule has 0 aromatic carbocycles. The largest absolute Gasteiger partial charge is 0.336 e. The molecule has 1 saturated heterocycles. The van der Waals surface area contributed by atoms with Crippen LogP contribution < -0.4 is 0 Å². The molecule has 1 amide bonds. The topological polar surface area (TPSA) is 33.2 Å². The number of aromatic nitrogens is 1. The molecule has 1 aromatic heterocycles. The minimum atomic E-state index is 0.173. The summed E-state index contributed by atoms with van der Waals surface area (Å²) >= 11 is 1.62. The van der Waals surface area contributed by atoms with E-state index in [9.17, 15) is 4.79 Å². The van der Waals surface area contributed by atoms with E-state index in [0.717, 1.165) is 29.6 Å². The highest BCUT2D eigenvalue weighted by molar-refractivity contribution is 7.09. The van der Waals surface area contributed by atoms with Crippen molar-refractivity contribution in [3.05, 3.63) is 22.2 Å². The summed E-state index contributed by atoms with van der Waals surface area (Å²) in [4.78, 5) is 18.9. The van der Waals surface area contributed by atoms with Gasteiger partial charge in [0.15, 0.2) is 0 Å². The lowest BCUT2D eigenvalue weighted by molar-refractivity contribution is -0.132. The monoisotopic (exact) mass is 290 g/mol. The summed E-state index contributed by atoms with van der Waals surface area (Å²) in [5.41, 5.74) is 0.901. The van der Waals surface area contributed by atoms with E-state index in [0.29, 0.717) is 6.04 Å². The van der Waals surface area contributed by atoms with Crippen LogP contribution in [-0.4, -0.2) is 28.4 Å². The van der Waals surface area contributed by atoms with E-state index in [2.05, 4.69) is 9.88 Å². The average Bonchev–Trinajstić information content (AvgIpc) is 2.90. The lowest BCUT2D eigenvalue weighted by Crippen LogP contribution is -2.49. The first kappa shape index (κ1) is 13.8. The minimum absolute atomic E-state index is 0.173. The maximum atomic E-state index is 12.4. The molecule has 2 aliphatic rings. The van der Waals surface area contributed by atoms with Crippen molar-refractivity contribution in [2.45, 2.75) is 51.5 Å². The molecule has 20 heavy (non-hydrogen) atoms. The van der Waals surface area contributed by atoms with E-state index in [1.165, 1.54) is 32.1 Å². The molecule has 0 radical (unpaired) electrons. The molecule has 0 spiro atoms. The van der Waals surface area contributed by atoms with E-state index in [4.69, 9.17) is 0 Å². The van der Waals surface area contributed by atoms with Gasteiger partial charge in [-0.15, -0.1) is 11.3 Å². The summed E-state index contributed by atoms with van der Waals surface area (Å²) < 4.78 is 0. The van der Waals surface area contributed by atoms with Crippen LogP contribution in [0.4, 0.5) is 0 Å². The Morgan fingerprint density at radius 3 is 2.95 bits per heavy atom. The fraction of sp³-hybridized carbons (Fsp3) is 0.625. The van der Waals surface area contributed by atoms with Gasteiger partial charge in [0.2, 0.25) is 5.91 Å². The number of hydrogen-bond donors (Lipinski definition) is 0. The predicted octanol–water partition coefficient (Wildman–Crippen LogP) is 3.65. The number of piperidine rings is 1. The highest BCUT2D eigenvalue weighted by atomic mass is 32.1. The van der Waals surface area contributed by atoms with Gasteiger partial charge in [0.1, 0.15) is 0 Å². The second kappa shape index (κ2) is 6.08. The Hall–Kier alpha value is -1.16. The Bertz CT molecular complexity index is 506. The third kappa shape index (κ3) is 2.95. The van der Waals surface area contributed by atoms with Crippen molar-refractivity contribution < 1.29 is 4.79 Å². The Morgan fingerprint density at radius 2 is 2.15 bits per heavy atom. The zero-order chi connectivity index (χ0) is 13.9. The van der Waals surface area contributed by atoms with E-state index < -0.39 is 0 Å². The van der Waals surface area contributed by atoms with Crippen LogP contribution in [0.25, 0.3) is 6.08 Å². The molecule has 0 N–H and O–H groups in total. The van der Waals surface area contributed by atoms with Gasteiger partial charge in [0.25, 0.3) is 0 Å². The highest BCUT2D eigenvalue weighted by Gasteiger charge is 2.34. The van der Waals surface area contributed by atoms with E-state index in [1.807, 2.05) is 18.4 Å². The molecule has 2 unspecified atom stereocenters. The van der Waals surface area contributed by atoms with E-state index in [-0.39, 0.29) is 5.91 Å². The van der Waals surface area contributed by atoms with Crippen molar-refractivity contribution in [1.29, 1.82) is 0 Å². The van der Waals surface area contributed by atoms with Gasteiger partial charge in [-0.2, -0.15) is 0 Å². The summed E-state index contributed by atoms with van der Waals surface area (Å²) in [7, 11) is 0.